The Morgan fingerprint density at radius 2 is 2.00 bits per heavy atom. The van der Waals surface area contributed by atoms with Crippen LogP contribution in [0.15, 0.2) is 36.9 Å². The minimum absolute atomic E-state index is 0.0984. The number of benzene rings is 1. The lowest BCUT2D eigenvalue weighted by Gasteiger charge is -2.45. The van der Waals surface area contributed by atoms with E-state index in [0.29, 0.717) is 13.1 Å². The smallest absolute Gasteiger partial charge is 0.244 e. The van der Waals surface area contributed by atoms with Crippen molar-refractivity contribution in [2.75, 3.05) is 18.0 Å². The van der Waals surface area contributed by atoms with Crippen molar-refractivity contribution in [2.24, 2.45) is 0 Å². The predicted octanol–water partition coefficient (Wildman–Crippen LogP) is 2.53. The monoisotopic (exact) mass is 256 g/mol. The van der Waals surface area contributed by atoms with Gasteiger partial charge in [0.15, 0.2) is 0 Å². The third kappa shape index (κ3) is 1.25. The molecule has 1 fully saturated rings. The Morgan fingerprint density at radius 1 is 1.32 bits per heavy atom. The standard InChI is InChI=1S/C16H20N2O/c1-5-10-17-14(19)11-18-13-9-7-6-8-12(13)15(2,3)16(17,18)4/h5-9H,1,10-11H2,2-4H3. The van der Waals surface area contributed by atoms with Crippen molar-refractivity contribution in [1.82, 2.24) is 4.90 Å². The highest BCUT2D eigenvalue weighted by molar-refractivity contribution is 5.90. The maximum atomic E-state index is 12.3. The minimum Gasteiger partial charge on any atom is -0.338 e. The number of para-hydroxylation sites is 1. The molecule has 3 rings (SSSR count). The van der Waals surface area contributed by atoms with Crippen LogP contribution in [0.25, 0.3) is 0 Å². The largest absolute Gasteiger partial charge is 0.338 e. The lowest BCUT2D eigenvalue weighted by atomic mass is 9.76. The zero-order valence-electron chi connectivity index (χ0n) is 11.8. The van der Waals surface area contributed by atoms with Gasteiger partial charge in [0.05, 0.1) is 6.54 Å². The quantitative estimate of drug-likeness (QED) is 0.759. The Bertz CT molecular complexity index is 564. The summed E-state index contributed by atoms with van der Waals surface area (Å²) < 4.78 is 0. The van der Waals surface area contributed by atoms with Gasteiger partial charge in [0.1, 0.15) is 5.66 Å². The van der Waals surface area contributed by atoms with Crippen molar-refractivity contribution < 1.29 is 4.79 Å². The molecule has 2 aliphatic heterocycles. The first-order valence-corrected chi connectivity index (χ1v) is 6.73. The Morgan fingerprint density at radius 3 is 2.68 bits per heavy atom. The highest BCUT2D eigenvalue weighted by Crippen LogP contribution is 2.55. The van der Waals surface area contributed by atoms with Crippen LogP contribution in [-0.2, 0) is 10.2 Å². The molecule has 1 unspecified atom stereocenters. The van der Waals surface area contributed by atoms with E-state index in [1.165, 1.54) is 11.3 Å². The van der Waals surface area contributed by atoms with Crippen molar-refractivity contribution in [3.63, 3.8) is 0 Å². The molecule has 1 saturated heterocycles. The molecule has 2 aliphatic rings. The van der Waals surface area contributed by atoms with Gasteiger partial charge in [-0.1, -0.05) is 38.1 Å². The van der Waals surface area contributed by atoms with Crippen LogP contribution < -0.4 is 4.90 Å². The van der Waals surface area contributed by atoms with E-state index >= 15 is 0 Å². The van der Waals surface area contributed by atoms with E-state index in [0.717, 1.165) is 0 Å². The number of hydrogen-bond acceptors (Lipinski definition) is 2. The molecule has 100 valence electrons. The third-order valence-corrected chi connectivity index (χ3v) is 5.01. The molecule has 0 saturated carbocycles. The van der Waals surface area contributed by atoms with Gasteiger partial charge >= 0.3 is 0 Å². The molecule has 2 heterocycles. The maximum Gasteiger partial charge on any atom is 0.244 e. The molecule has 3 nitrogen and oxygen atoms in total. The molecule has 19 heavy (non-hydrogen) atoms. The summed E-state index contributed by atoms with van der Waals surface area (Å²) in [6.07, 6.45) is 1.81. The van der Waals surface area contributed by atoms with Gasteiger partial charge in [0.2, 0.25) is 5.91 Å². The zero-order chi connectivity index (χ0) is 13.8. The molecule has 3 heteroatoms. The topological polar surface area (TPSA) is 23.6 Å². The molecule has 0 bridgehead atoms. The fourth-order valence-electron chi connectivity index (χ4n) is 3.66. The van der Waals surface area contributed by atoms with E-state index in [-0.39, 0.29) is 17.0 Å². The Labute approximate surface area is 114 Å². The summed E-state index contributed by atoms with van der Waals surface area (Å²) in [5, 5.41) is 0. The summed E-state index contributed by atoms with van der Waals surface area (Å²) in [5.74, 6) is 0.185. The lowest BCUT2D eigenvalue weighted by molar-refractivity contribution is -0.130. The molecular weight excluding hydrogens is 236 g/mol. The third-order valence-electron chi connectivity index (χ3n) is 5.01. The number of carbonyl (C=O) groups is 1. The van der Waals surface area contributed by atoms with E-state index in [1.54, 1.807) is 0 Å². The fraction of sp³-hybridized carbons (Fsp3) is 0.438. The van der Waals surface area contributed by atoms with Crippen LogP contribution in [0.5, 0.6) is 0 Å². The van der Waals surface area contributed by atoms with Crippen LogP contribution in [0.2, 0.25) is 0 Å². The average molecular weight is 256 g/mol. The Kier molecular flexibility index (Phi) is 2.34. The van der Waals surface area contributed by atoms with Gasteiger partial charge in [-0.05, 0) is 18.6 Å². The SMILES string of the molecule is C=CCN1C(=O)CN2c3ccccc3C(C)(C)C12C. The van der Waals surface area contributed by atoms with Crippen LogP contribution in [-0.4, -0.2) is 29.6 Å². The highest BCUT2D eigenvalue weighted by Gasteiger charge is 2.61. The van der Waals surface area contributed by atoms with Gasteiger partial charge in [0.25, 0.3) is 0 Å². The van der Waals surface area contributed by atoms with Crippen molar-refractivity contribution in [3.8, 4) is 0 Å². The van der Waals surface area contributed by atoms with Gasteiger partial charge in [0, 0.05) is 17.6 Å². The van der Waals surface area contributed by atoms with Crippen LogP contribution in [0.3, 0.4) is 0 Å². The number of rotatable bonds is 2. The normalized spacial score (nSPS) is 27.4. The molecule has 1 amide bonds. The summed E-state index contributed by atoms with van der Waals surface area (Å²) in [6.45, 7) is 11.5. The molecule has 1 aromatic carbocycles. The number of hydrogen-bond donors (Lipinski definition) is 0. The number of amides is 1. The van der Waals surface area contributed by atoms with Crippen molar-refractivity contribution in [3.05, 3.63) is 42.5 Å². The Hall–Kier alpha value is -1.77. The first kappa shape index (κ1) is 12.3. The van der Waals surface area contributed by atoms with Crippen molar-refractivity contribution >= 4 is 11.6 Å². The molecular formula is C16H20N2O. The maximum absolute atomic E-state index is 12.3. The molecule has 0 radical (unpaired) electrons. The van der Waals surface area contributed by atoms with Crippen LogP contribution >= 0.6 is 0 Å². The van der Waals surface area contributed by atoms with E-state index < -0.39 is 0 Å². The van der Waals surface area contributed by atoms with Gasteiger partial charge in [-0.2, -0.15) is 0 Å². The summed E-state index contributed by atoms with van der Waals surface area (Å²) >= 11 is 0. The van der Waals surface area contributed by atoms with E-state index in [9.17, 15) is 4.79 Å². The van der Waals surface area contributed by atoms with Gasteiger partial charge in [-0.3, -0.25) is 4.79 Å². The van der Waals surface area contributed by atoms with Crippen LogP contribution in [0.4, 0.5) is 5.69 Å². The average Bonchev–Trinajstić information content (AvgIpc) is 2.73. The number of carbonyl (C=O) groups excluding carboxylic acids is 1. The summed E-state index contributed by atoms with van der Waals surface area (Å²) in [4.78, 5) is 16.5. The summed E-state index contributed by atoms with van der Waals surface area (Å²) in [7, 11) is 0. The number of fused-ring (bicyclic) bond motifs is 3. The summed E-state index contributed by atoms with van der Waals surface area (Å²) in [5.41, 5.74) is 2.11. The first-order valence-electron chi connectivity index (χ1n) is 6.73. The minimum atomic E-state index is -0.304. The second-order valence-electron chi connectivity index (χ2n) is 6.04. The predicted molar refractivity (Wildman–Crippen MR) is 77.1 cm³/mol. The zero-order valence-corrected chi connectivity index (χ0v) is 11.8. The number of nitrogens with zero attached hydrogens (tertiary/aromatic N) is 2. The van der Waals surface area contributed by atoms with Crippen molar-refractivity contribution in [2.45, 2.75) is 31.8 Å². The second-order valence-corrected chi connectivity index (χ2v) is 6.04. The van der Waals surface area contributed by atoms with Crippen molar-refractivity contribution in [1.29, 1.82) is 0 Å². The van der Waals surface area contributed by atoms with E-state index in [4.69, 9.17) is 0 Å². The second kappa shape index (κ2) is 3.62. The fourth-order valence-corrected chi connectivity index (χ4v) is 3.66. The van der Waals surface area contributed by atoms with E-state index in [1.807, 2.05) is 17.0 Å². The highest BCUT2D eigenvalue weighted by atomic mass is 16.2. The first-order chi connectivity index (χ1) is 8.94. The lowest BCUT2D eigenvalue weighted by Crippen LogP contribution is -2.59. The molecule has 1 atom stereocenters. The van der Waals surface area contributed by atoms with Crippen LogP contribution in [0, 0.1) is 0 Å². The van der Waals surface area contributed by atoms with E-state index in [2.05, 4.69) is 50.4 Å². The molecule has 0 aliphatic carbocycles. The molecule has 0 N–H and O–H groups in total. The van der Waals surface area contributed by atoms with Gasteiger partial charge < -0.3 is 9.80 Å². The number of anilines is 1. The molecule has 0 spiro atoms. The Balaban J connectivity index is 2.21. The van der Waals surface area contributed by atoms with Crippen LogP contribution in [0.1, 0.15) is 26.3 Å². The molecule has 0 aromatic heterocycles. The summed E-state index contributed by atoms with van der Waals surface area (Å²) in [6, 6.07) is 8.41. The van der Waals surface area contributed by atoms with Gasteiger partial charge in [-0.25, -0.2) is 0 Å². The molecule has 1 aromatic rings. The van der Waals surface area contributed by atoms with Gasteiger partial charge in [-0.15, -0.1) is 6.58 Å².